The summed E-state index contributed by atoms with van der Waals surface area (Å²) >= 11 is 0. The predicted molar refractivity (Wildman–Crippen MR) is 248 cm³/mol. The third-order valence-electron chi connectivity index (χ3n) is 12.4. The Bertz CT molecular complexity index is 3180. The van der Waals surface area contributed by atoms with Crippen molar-refractivity contribution in [2.24, 2.45) is 0 Å². The highest BCUT2D eigenvalue weighted by atomic mass is 15.1. The Morgan fingerprint density at radius 1 is 0.310 bits per heavy atom. The van der Waals surface area contributed by atoms with Gasteiger partial charge in [-0.15, -0.1) is 0 Å². The van der Waals surface area contributed by atoms with Crippen molar-refractivity contribution < 1.29 is 0 Å². The molecule has 0 unspecified atom stereocenters. The minimum atomic E-state index is -0.0874. The standard InChI is InChI=1S/C57H41N/c1-57(2)55-23-8-7-19-53(55)54-22-11-21-52(56(54)57)41-28-33-46(34-29-41)58(47-16-9-15-43(37-47)50-20-10-14-39-12-3-5-17-48(39)50)45-31-26-38(27-32-45)42-30-35-51-44(36-42)25-24-40-13-4-6-18-49(40)51/h3-37H,1-2H3. The molecule has 0 aliphatic heterocycles. The largest absolute Gasteiger partial charge is 0.310 e. The lowest BCUT2D eigenvalue weighted by Gasteiger charge is -2.27. The van der Waals surface area contributed by atoms with Gasteiger partial charge in [-0.1, -0.05) is 184 Å². The van der Waals surface area contributed by atoms with Gasteiger partial charge in [0.2, 0.25) is 0 Å². The first-order valence-corrected chi connectivity index (χ1v) is 20.3. The zero-order chi connectivity index (χ0) is 38.8. The molecule has 1 heteroatoms. The molecule has 58 heavy (non-hydrogen) atoms. The van der Waals surface area contributed by atoms with Gasteiger partial charge in [0.25, 0.3) is 0 Å². The molecule has 1 nitrogen and oxygen atoms in total. The molecule has 0 saturated carbocycles. The molecule has 10 aromatic carbocycles. The van der Waals surface area contributed by atoms with Crippen molar-refractivity contribution in [2.45, 2.75) is 19.3 Å². The predicted octanol–water partition coefficient (Wildman–Crippen LogP) is 15.9. The molecule has 0 N–H and O–H groups in total. The summed E-state index contributed by atoms with van der Waals surface area (Å²) in [5, 5.41) is 7.60. The SMILES string of the molecule is CC1(C)c2ccccc2-c2cccc(-c3ccc(N(c4ccc(-c5ccc6c(ccc7ccccc76)c5)cc4)c4cccc(-c5cccc6ccccc56)c4)cc3)c21. The molecule has 10 aromatic rings. The molecule has 0 bridgehead atoms. The average molecular weight is 740 g/mol. The van der Waals surface area contributed by atoms with Gasteiger partial charge in [0.15, 0.2) is 0 Å². The summed E-state index contributed by atoms with van der Waals surface area (Å²) in [6.45, 7) is 4.73. The number of rotatable bonds is 6. The van der Waals surface area contributed by atoms with E-state index in [0.717, 1.165) is 17.1 Å². The summed E-state index contributed by atoms with van der Waals surface area (Å²) in [6, 6.07) is 78.1. The van der Waals surface area contributed by atoms with E-state index in [2.05, 4.69) is 231 Å². The third-order valence-corrected chi connectivity index (χ3v) is 12.4. The molecule has 0 radical (unpaired) electrons. The number of hydrogen-bond donors (Lipinski definition) is 0. The van der Waals surface area contributed by atoms with E-state index >= 15 is 0 Å². The van der Waals surface area contributed by atoms with Crippen molar-refractivity contribution >= 4 is 49.4 Å². The van der Waals surface area contributed by atoms with Crippen LogP contribution in [0.1, 0.15) is 25.0 Å². The van der Waals surface area contributed by atoms with Gasteiger partial charge in [0.1, 0.15) is 0 Å². The Morgan fingerprint density at radius 2 is 0.862 bits per heavy atom. The second kappa shape index (κ2) is 13.5. The number of fused-ring (bicyclic) bond motifs is 7. The average Bonchev–Trinajstić information content (AvgIpc) is 3.52. The number of anilines is 3. The highest BCUT2D eigenvalue weighted by Gasteiger charge is 2.37. The molecule has 0 amide bonds. The van der Waals surface area contributed by atoms with Crippen LogP contribution in [0, 0.1) is 0 Å². The molecule has 0 heterocycles. The molecular weight excluding hydrogens is 699 g/mol. The van der Waals surface area contributed by atoms with Gasteiger partial charge in [0.05, 0.1) is 0 Å². The van der Waals surface area contributed by atoms with E-state index in [-0.39, 0.29) is 5.41 Å². The van der Waals surface area contributed by atoms with E-state index in [1.54, 1.807) is 0 Å². The van der Waals surface area contributed by atoms with Crippen LogP contribution < -0.4 is 4.90 Å². The zero-order valence-corrected chi connectivity index (χ0v) is 32.7. The van der Waals surface area contributed by atoms with E-state index in [9.17, 15) is 0 Å². The van der Waals surface area contributed by atoms with Crippen LogP contribution >= 0.6 is 0 Å². The number of benzene rings is 10. The summed E-state index contributed by atoms with van der Waals surface area (Å²) in [5.41, 5.74) is 16.1. The van der Waals surface area contributed by atoms with Crippen molar-refractivity contribution in [1.82, 2.24) is 0 Å². The smallest absolute Gasteiger partial charge is 0.0467 e. The first kappa shape index (κ1) is 34.1. The van der Waals surface area contributed by atoms with Gasteiger partial charge in [-0.3, -0.25) is 0 Å². The molecule has 0 fully saturated rings. The maximum Gasteiger partial charge on any atom is 0.0467 e. The Labute approximate surface area is 340 Å². The van der Waals surface area contributed by atoms with Crippen LogP contribution in [0.25, 0.3) is 76.8 Å². The molecule has 0 saturated heterocycles. The van der Waals surface area contributed by atoms with Crippen molar-refractivity contribution in [3.8, 4) is 44.5 Å². The van der Waals surface area contributed by atoms with Crippen LogP contribution in [-0.4, -0.2) is 0 Å². The molecule has 0 spiro atoms. The summed E-state index contributed by atoms with van der Waals surface area (Å²) in [7, 11) is 0. The minimum absolute atomic E-state index is 0.0874. The van der Waals surface area contributed by atoms with Crippen LogP contribution in [0.2, 0.25) is 0 Å². The maximum absolute atomic E-state index is 2.39. The lowest BCUT2D eigenvalue weighted by Crippen LogP contribution is -2.16. The Balaban J connectivity index is 1.01. The summed E-state index contributed by atoms with van der Waals surface area (Å²) in [5.74, 6) is 0. The number of hydrogen-bond acceptors (Lipinski definition) is 1. The zero-order valence-electron chi connectivity index (χ0n) is 32.7. The van der Waals surface area contributed by atoms with E-state index in [0.29, 0.717) is 0 Å². The van der Waals surface area contributed by atoms with Gasteiger partial charge < -0.3 is 4.90 Å². The molecule has 11 rings (SSSR count). The third kappa shape index (κ3) is 5.54. The molecular formula is C57H41N. The molecule has 0 atom stereocenters. The second-order valence-corrected chi connectivity index (χ2v) is 16.1. The quantitative estimate of drug-likeness (QED) is 0.154. The van der Waals surface area contributed by atoms with E-state index < -0.39 is 0 Å². The van der Waals surface area contributed by atoms with Gasteiger partial charge in [0, 0.05) is 22.5 Å². The first-order chi connectivity index (χ1) is 28.5. The van der Waals surface area contributed by atoms with Crippen molar-refractivity contribution in [2.75, 3.05) is 4.90 Å². The summed E-state index contributed by atoms with van der Waals surface area (Å²) in [6.07, 6.45) is 0. The molecule has 274 valence electrons. The van der Waals surface area contributed by atoms with Crippen LogP contribution in [0.4, 0.5) is 17.1 Å². The van der Waals surface area contributed by atoms with Crippen LogP contribution in [0.3, 0.4) is 0 Å². The number of nitrogens with zero attached hydrogens (tertiary/aromatic N) is 1. The van der Waals surface area contributed by atoms with E-state index in [1.165, 1.54) is 88.0 Å². The van der Waals surface area contributed by atoms with Crippen molar-refractivity contribution in [3.63, 3.8) is 0 Å². The van der Waals surface area contributed by atoms with E-state index in [4.69, 9.17) is 0 Å². The van der Waals surface area contributed by atoms with Gasteiger partial charge in [-0.25, -0.2) is 0 Å². The van der Waals surface area contributed by atoms with Crippen LogP contribution in [0.15, 0.2) is 212 Å². The summed E-state index contributed by atoms with van der Waals surface area (Å²) in [4.78, 5) is 2.39. The highest BCUT2D eigenvalue weighted by molar-refractivity contribution is 6.08. The van der Waals surface area contributed by atoms with Crippen LogP contribution in [0.5, 0.6) is 0 Å². The van der Waals surface area contributed by atoms with E-state index in [1.807, 2.05) is 0 Å². The second-order valence-electron chi connectivity index (χ2n) is 16.1. The summed E-state index contributed by atoms with van der Waals surface area (Å²) < 4.78 is 0. The van der Waals surface area contributed by atoms with Crippen molar-refractivity contribution in [3.05, 3.63) is 223 Å². The van der Waals surface area contributed by atoms with Gasteiger partial charge >= 0.3 is 0 Å². The fourth-order valence-electron chi connectivity index (χ4n) is 9.61. The lowest BCUT2D eigenvalue weighted by atomic mass is 9.79. The molecule has 1 aliphatic rings. The lowest BCUT2D eigenvalue weighted by molar-refractivity contribution is 0.662. The van der Waals surface area contributed by atoms with Crippen molar-refractivity contribution in [1.29, 1.82) is 0 Å². The topological polar surface area (TPSA) is 3.24 Å². The molecule has 1 aliphatic carbocycles. The fourth-order valence-corrected chi connectivity index (χ4v) is 9.61. The van der Waals surface area contributed by atoms with Gasteiger partial charge in [-0.05, 0) is 130 Å². The Morgan fingerprint density at radius 3 is 1.67 bits per heavy atom. The Kier molecular flexibility index (Phi) is 7.91. The normalized spacial score (nSPS) is 12.8. The monoisotopic (exact) mass is 739 g/mol. The minimum Gasteiger partial charge on any atom is -0.310 e. The fraction of sp³-hybridized carbons (Fsp3) is 0.0526. The van der Waals surface area contributed by atoms with Crippen LogP contribution in [-0.2, 0) is 5.41 Å². The highest BCUT2D eigenvalue weighted by Crippen LogP contribution is 2.52. The molecule has 0 aromatic heterocycles. The first-order valence-electron chi connectivity index (χ1n) is 20.3. The Hall–Kier alpha value is -7.22. The van der Waals surface area contributed by atoms with Gasteiger partial charge in [-0.2, -0.15) is 0 Å². The maximum atomic E-state index is 2.39.